The Labute approximate surface area is 124 Å². The fraction of sp³-hybridized carbons (Fsp3) is 0.923. The van der Waals surface area contributed by atoms with E-state index in [1.807, 2.05) is 0 Å². The summed E-state index contributed by atoms with van der Waals surface area (Å²) in [5.41, 5.74) is -4.03. The monoisotopic (exact) mass is 334 g/mol. The molecular formula is C13H19F5O4. The normalized spacial score (nSPS) is 32.1. The van der Waals surface area contributed by atoms with Gasteiger partial charge in [0.15, 0.2) is 0 Å². The van der Waals surface area contributed by atoms with Crippen LogP contribution in [0.3, 0.4) is 0 Å². The average Bonchev–Trinajstić information content (AvgIpc) is 2.60. The molecule has 0 saturated carbocycles. The van der Waals surface area contributed by atoms with Crippen molar-refractivity contribution in [1.29, 1.82) is 0 Å². The Balaban J connectivity index is 3.24. The number of halogens is 5. The molecule has 0 aromatic rings. The van der Waals surface area contributed by atoms with Crippen molar-refractivity contribution in [3.05, 3.63) is 0 Å². The number of carbonyl (C=O) groups excluding carboxylic acids is 1. The molecule has 0 bridgehead atoms. The van der Waals surface area contributed by atoms with Gasteiger partial charge in [0, 0.05) is 0 Å². The number of aliphatic hydroxyl groups is 1. The van der Waals surface area contributed by atoms with Crippen LogP contribution < -0.4 is 0 Å². The van der Waals surface area contributed by atoms with Crippen LogP contribution in [0.25, 0.3) is 0 Å². The Kier molecular flexibility index (Phi) is 4.59. The van der Waals surface area contributed by atoms with Crippen molar-refractivity contribution in [2.45, 2.75) is 64.0 Å². The van der Waals surface area contributed by atoms with Gasteiger partial charge < -0.3 is 14.6 Å². The molecule has 4 nitrogen and oxygen atoms in total. The summed E-state index contributed by atoms with van der Waals surface area (Å²) in [7, 11) is 0. The van der Waals surface area contributed by atoms with Crippen LogP contribution in [0.4, 0.5) is 22.0 Å². The summed E-state index contributed by atoms with van der Waals surface area (Å²) in [6, 6.07) is 0. The van der Waals surface area contributed by atoms with E-state index in [0.29, 0.717) is 0 Å². The number of ether oxygens (including phenoxy) is 2. The molecule has 9 heteroatoms. The molecule has 0 radical (unpaired) electrons. The molecule has 0 aliphatic carbocycles. The molecule has 2 atom stereocenters. The lowest BCUT2D eigenvalue weighted by Gasteiger charge is -2.38. The van der Waals surface area contributed by atoms with E-state index < -0.39 is 47.9 Å². The summed E-state index contributed by atoms with van der Waals surface area (Å²) in [6.07, 6.45) is -6.15. The summed E-state index contributed by atoms with van der Waals surface area (Å²) >= 11 is 0. The fourth-order valence-electron chi connectivity index (χ4n) is 1.92. The lowest BCUT2D eigenvalue weighted by atomic mass is 9.87. The summed E-state index contributed by atoms with van der Waals surface area (Å²) in [5, 5.41) is 9.31. The zero-order chi connectivity index (χ0) is 17.6. The van der Waals surface area contributed by atoms with Gasteiger partial charge >= 0.3 is 23.9 Å². The zero-order valence-electron chi connectivity index (χ0n) is 12.7. The Hall–Kier alpha value is -0.960. The maximum atomic E-state index is 14.3. The van der Waals surface area contributed by atoms with Crippen LogP contribution in [0.2, 0.25) is 0 Å². The average molecular weight is 334 g/mol. The van der Waals surface area contributed by atoms with Gasteiger partial charge in [-0.05, 0) is 26.7 Å². The number of hydrogen-bond donors (Lipinski definition) is 1. The summed E-state index contributed by atoms with van der Waals surface area (Å²) < 4.78 is 75.6. The largest absolute Gasteiger partial charge is 0.449 e. The highest BCUT2D eigenvalue weighted by Crippen LogP contribution is 2.56. The molecule has 22 heavy (non-hydrogen) atoms. The van der Waals surface area contributed by atoms with Gasteiger partial charge in [-0.25, -0.2) is 0 Å². The van der Waals surface area contributed by atoms with Crippen LogP contribution in [0.15, 0.2) is 0 Å². The van der Waals surface area contributed by atoms with Crippen molar-refractivity contribution in [3.63, 3.8) is 0 Å². The predicted octanol–water partition coefficient (Wildman–Crippen LogP) is 3.03. The van der Waals surface area contributed by atoms with E-state index in [4.69, 9.17) is 4.74 Å². The number of esters is 1. The molecule has 1 N–H and O–H groups in total. The predicted molar refractivity (Wildman–Crippen MR) is 65.1 cm³/mol. The van der Waals surface area contributed by atoms with Gasteiger partial charge in [0.25, 0.3) is 0 Å². The second kappa shape index (κ2) is 5.30. The topological polar surface area (TPSA) is 55.8 Å². The highest BCUT2D eigenvalue weighted by atomic mass is 19.4. The molecule has 1 aliphatic heterocycles. The molecule has 1 heterocycles. The standard InChI is InChI=1S/C13H19F5O4/c1-5-9(3,4)8(19)22-10(6-2)7-21-12(20,11(10,14)15)13(16,17)18/h20H,5-7H2,1-4H3. The van der Waals surface area contributed by atoms with Gasteiger partial charge in [-0.2, -0.15) is 22.0 Å². The minimum atomic E-state index is -5.74. The molecule has 1 saturated heterocycles. The summed E-state index contributed by atoms with van der Waals surface area (Å²) in [6.45, 7) is 4.32. The second-order valence-electron chi connectivity index (χ2n) is 5.98. The van der Waals surface area contributed by atoms with Gasteiger partial charge in [-0.3, -0.25) is 4.79 Å². The molecule has 0 aromatic carbocycles. The zero-order valence-corrected chi connectivity index (χ0v) is 12.7. The van der Waals surface area contributed by atoms with Gasteiger partial charge in [0.2, 0.25) is 5.60 Å². The van der Waals surface area contributed by atoms with Crippen LogP contribution in [-0.2, 0) is 14.3 Å². The van der Waals surface area contributed by atoms with Crippen LogP contribution >= 0.6 is 0 Å². The molecule has 0 spiro atoms. The van der Waals surface area contributed by atoms with E-state index in [1.165, 1.54) is 13.8 Å². The lowest BCUT2D eigenvalue weighted by molar-refractivity contribution is -0.410. The van der Waals surface area contributed by atoms with E-state index in [-0.39, 0.29) is 6.42 Å². The first-order chi connectivity index (χ1) is 9.71. The van der Waals surface area contributed by atoms with E-state index >= 15 is 0 Å². The van der Waals surface area contributed by atoms with Crippen LogP contribution in [0.1, 0.15) is 40.5 Å². The van der Waals surface area contributed by atoms with Crippen LogP contribution in [0.5, 0.6) is 0 Å². The van der Waals surface area contributed by atoms with Gasteiger partial charge in [-0.15, -0.1) is 0 Å². The highest BCUT2D eigenvalue weighted by molar-refractivity contribution is 5.76. The fourth-order valence-corrected chi connectivity index (χ4v) is 1.92. The van der Waals surface area contributed by atoms with E-state index in [9.17, 15) is 31.9 Å². The Bertz CT molecular complexity index is 448. The minimum Gasteiger partial charge on any atom is -0.449 e. The number of hydrogen-bond acceptors (Lipinski definition) is 4. The maximum absolute atomic E-state index is 14.3. The third kappa shape index (κ3) is 2.47. The first kappa shape index (κ1) is 19.1. The molecule has 0 amide bonds. The quantitative estimate of drug-likeness (QED) is 0.634. The van der Waals surface area contributed by atoms with E-state index in [1.54, 1.807) is 6.92 Å². The first-order valence-electron chi connectivity index (χ1n) is 6.75. The third-order valence-electron chi connectivity index (χ3n) is 4.19. The van der Waals surface area contributed by atoms with Crippen molar-refractivity contribution in [2.75, 3.05) is 6.61 Å². The smallest absolute Gasteiger partial charge is 0.449 e. The van der Waals surface area contributed by atoms with Crippen molar-refractivity contribution in [3.8, 4) is 0 Å². The van der Waals surface area contributed by atoms with Crippen molar-refractivity contribution >= 4 is 5.97 Å². The third-order valence-corrected chi connectivity index (χ3v) is 4.19. The van der Waals surface area contributed by atoms with Gasteiger partial charge in [0.05, 0.1) is 12.0 Å². The van der Waals surface area contributed by atoms with E-state index in [2.05, 4.69) is 4.74 Å². The van der Waals surface area contributed by atoms with Gasteiger partial charge in [-0.1, -0.05) is 13.8 Å². The van der Waals surface area contributed by atoms with Crippen molar-refractivity contribution < 1.29 is 41.3 Å². The molecule has 1 fully saturated rings. The molecule has 1 rings (SSSR count). The number of carbonyl (C=O) groups is 1. The molecule has 0 aromatic heterocycles. The van der Waals surface area contributed by atoms with Crippen LogP contribution in [-0.4, -0.2) is 41.2 Å². The Morgan fingerprint density at radius 2 is 1.77 bits per heavy atom. The number of alkyl halides is 5. The van der Waals surface area contributed by atoms with Crippen LogP contribution in [0, 0.1) is 5.41 Å². The Morgan fingerprint density at radius 1 is 1.27 bits per heavy atom. The lowest BCUT2D eigenvalue weighted by Crippen LogP contribution is -2.64. The minimum absolute atomic E-state index is 0.238. The highest BCUT2D eigenvalue weighted by Gasteiger charge is 2.83. The first-order valence-corrected chi connectivity index (χ1v) is 6.75. The second-order valence-corrected chi connectivity index (χ2v) is 5.98. The maximum Gasteiger partial charge on any atom is 0.449 e. The molecule has 2 unspecified atom stereocenters. The summed E-state index contributed by atoms with van der Waals surface area (Å²) in [4.78, 5) is 12.0. The summed E-state index contributed by atoms with van der Waals surface area (Å²) in [5.74, 6) is -10.6. The molecule has 130 valence electrons. The van der Waals surface area contributed by atoms with E-state index in [0.717, 1.165) is 6.92 Å². The molecular weight excluding hydrogens is 315 g/mol. The Morgan fingerprint density at radius 3 is 2.09 bits per heavy atom. The van der Waals surface area contributed by atoms with Gasteiger partial charge in [0.1, 0.15) is 0 Å². The van der Waals surface area contributed by atoms with Crippen molar-refractivity contribution in [1.82, 2.24) is 0 Å². The number of rotatable bonds is 4. The molecule has 1 aliphatic rings. The SMILES string of the molecule is CCC(C)(C)C(=O)OC1(CC)COC(O)(C(F)(F)F)C1(F)F. The van der Waals surface area contributed by atoms with Crippen molar-refractivity contribution in [2.24, 2.45) is 5.41 Å².